The molecule has 1 heterocycles. The number of ether oxygens (including phenoxy) is 1. The third-order valence-corrected chi connectivity index (χ3v) is 3.88. The van der Waals surface area contributed by atoms with Crippen LogP contribution in [0.5, 0.6) is 11.6 Å². The Morgan fingerprint density at radius 2 is 1.44 bits per heavy atom. The first kappa shape index (κ1) is 18.3. The molecule has 3 aromatic rings. The van der Waals surface area contributed by atoms with Crippen molar-refractivity contribution in [2.24, 2.45) is 7.05 Å². The molecule has 0 radical (unpaired) electrons. The lowest BCUT2D eigenvalue weighted by atomic mass is 10.0. The van der Waals surface area contributed by atoms with Gasteiger partial charge in [0, 0.05) is 7.05 Å². The molecule has 27 heavy (non-hydrogen) atoms. The van der Waals surface area contributed by atoms with Crippen molar-refractivity contribution < 1.29 is 23.1 Å². The second kappa shape index (κ2) is 6.67. The first-order chi connectivity index (χ1) is 12.7. The molecule has 0 spiro atoms. The van der Waals surface area contributed by atoms with Crippen molar-refractivity contribution in [3.63, 3.8) is 0 Å². The summed E-state index contributed by atoms with van der Waals surface area (Å²) in [6.45, 7) is 0. The maximum Gasteiger partial charge on any atom is 0.416 e. The molecule has 1 N–H and O–H groups in total. The van der Waals surface area contributed by atoms with E-state index in [1.807, 2.05) is 0 Å². The monoisotopic (exact) mass is 378 g/mol. The highest BCUT2D eigenvalue weighted by atomic mass is 19.4. The van der Waals surface area contributed by atoms with Crippen LogP contribution < -0.4 is 16.0 Å². The van der Waals surface area contributed by atoms with Crippen LogP contribution in [0, 0.1) is 0 Å². The fourth-order valence-corrected chi connectivity index (χ4v) is 2.38. The summed E-state index contributed by atoms with van der Waals surface area (Å²) in [7, 11) is 1.32. The van der Waals surface area contributed by atoms with Crippen molar-refractivity contribution >= 4 is 0 Å². The zero-order valence-electron chi connectivity index (χ0n) is 13.9. The molecule has 2 aromatic carbocycles. The van der Waals surface area contributed by atoms with E-state index in [0.29, 0.717) is 16.9 Å². The van der Waals surface area contributed by atoms with Gasteiger partial charge in [-0.15, -0.1) is 0 Å². The van der Waals surface area contributed by atoms with Gasteiger partial charge in [0.05, 0.1) is 11.6 Å². The molecule has 0 aliphatic heterocycles. The van der Waals surface area contributed by atoms with Gasteiger partial charge in [0.25, 0.3) is 5.56 Å². The van der Waals surface area contributed by atoms with Crippen LogP contribution in [0.4, 0.5) is 13.2 Å². The van der Waals surface area contributed by atoms with Gasteiger partial charge >= 0.3 is 11.9 Å². The first-order valence-electron chi connectivity index (χ1n) is 7.65. The minimum absolute atomic E-state index is 0.0411. The fraction of sp³-hybridized carbons (Fsp3) is 0.111. The Bertz CT molecular complexity index is 1080. The highest BCUT2D eigenvalue weighted by Gasteiger charge is 2.29. The van der Waals surface area contributed by atoms with Crippen molar-refractivity contribution in [2.75, 3.05) is 0 Å². The Balaban J connectivity index is 1.84. The molecular formula is C18H13F3N2O4. The third kappa shape index (κ3) is 3.71. The van der Waals surface area contributed by atoms with E-state index in [1.165, 1.54) is 19.2 Å². The summed E-state index contributed by atoms with van der Waals surface area (Å²) in [6, 6.07) is 12.0. The predicted molar refractivity (Wildman–Crippen MR) is 90.1 cm³/mol. The van der Waals surface area contributed by atoms with Gasteiger partial charge in [-0.05, 0) is 35.4 Å². The average molecular weight is 378 g/mol. The molecule has 0 amide bonds. The largest absolute Gasteiger partial charge is 0.440 e. The molecular weight excluding hydrogens is 365 g/mol. The van der Waals surface area contributed by atoms with Crippen LogP contribution in [0.15, 0.2) is 64.2 Å². The third-order valence-electron chi connectivity index (χ3n) is 3.88. The zero-order valence-corrected chi connectivity index (χ0v) is 13.9. The molecule has 6 nitrogen and oxygen atoms in total. The van der Waals surface area contributed by atoms with Crippen molar-refractivity contribution in [1.29, 1.82) is 0 Å². The standard InChI is InChI=1S/C18H13F3N2O4/c1-22-16(10-15(24)23(26)17(22)25)27-14-8-4-12(5-9-14)11-2-6-13(7-3-11)18(19,20)21/h2-10,26H,1H3. The van der Waals surface area contributed by atoms with Gasteiger partial charge in [-0.1, -0.05) is 29.0 Å². The lowest BCUT2D eigenvalue weighted by Crippen LogP contribution is -2.37. The summed E-state index contributed by atoms with van der Waals surface area (Å²) in [5.41, 5.74) is -1.38. The number of alkyl halides is 3. The van der Waals surface area contributed by atoms with E-state index in [2.05, 4.69) is 0 Å². The van der Waals surface area contributed by atoms with Crippen LogP contribution in [0.3, 0.4) is 0 Å². The lowest BCUT2D eigenvalue weighted by molar-refractivity contribution is -0.137. The van der Waals surface area contributed by atoms with Gasteiger partial charge in [-0.25, -0.2) is 4.79 Å². The highest BCUT2D eigenvalue weighted by molar-refractivity contribution is 5.64. The predicted octanol–water partition coefficient (Wildman–Crippen LogP) is 3.26. The minimum Gasteiger partial charge on any atom is -0.440 e. The average Bonchev–Trinajstić information content (AvgIpc) is 2.64. The van der Waals surface area contributed by atoms with Gasteiger partial charge in [-0.3, -0.25) is 9.36 Å². The molecule has 140 valence electrons. The summed E-state index contributed by atoms with van der Waals surface area (Å²) in [6.07, 6.45) is -4.39. The number of halogens is 3. The van der Waals surface area contributed by atoms with Gasteiger partial charge in [-0.2, -0.15) is 13.2 Å². The topological polar surface area (TPSA) is 73.5 Å². The van der Waals surface area contributed by atoms with E-state index in [-0.39, 0.29) is 10.6 Å². The summed E-state index contributed by atoms with van der Waals surface area (Å²) < 4.78 is 44.2. The van der Waals surface area contributed by atoms with Crippen molar-refractivity contribution in [3.8, 4) is 22.8 Å². The van der Waals surface area contributed by atoms with Crippen LogP contribution >= 0.6 is 0 Å². The van der Waals surface area contributed by atoms with Crippen molar-refractivity contribution in [2.45, 2.75) is 6.18 Å². The van der Waals surface area contributed by atoms with Crippen molar-refractivity contribution in [1.82, 2.24) is 9.30 Å². The Morgan fingerprint density at radius 3 is 1.96 bits per heavy atom. The number of rotatable bonds is 3. The number of benzene rings is 2. The zero-order chi connectivity index (χ0) is 19.8. The molecule has 0 saturated heterocycles. The minimum atomic E-state index is -4.39. The first-order valence-corrected chi connectivity index (χ1v) is 7.65. The van der Waals surface area contributed by atoms with E-state index < -0.39 is 23.0 Å². The van der Waals surface area contributed by atoms with Gasteiger partial charge in [0.1, 0.15) is 5.75 Å². The molecule has 0 aliphatic carbocycles. The van der Waals surface area contributed by atoms with E-state index >= 15 is 0 Å². The SMILES string of the molecule is Cn1c(Oc2ccc(-c3ccc(C(F)(F)F)cc3)cc2)cc(=O)n(O)c1=O. The van der Waals surface area contributed by atoms with Gasteiger partial charge in [0.2, 0.25) is 5.88 Å². The lowest BCUT2D eigenvalue weighted by Gasteiger charge is -2.11. The molecule has 0 aliphatic rings. The smallest absolute Gasteiger partial charge is 0.416 e. The number of hydrogen-bond donors (Lipinski definition) is 1. The van der Waals surface area contributed by atoms with Crippen LogP contribution in [-0.2, 0) is 13.2 Å². The number of nitrogens with zero attached hydrogens (tertiary/aromatic N) is 2. The molecule has 1 aromatic heterocycles. The molecule has 3 rings (SSSR count). The van der Waals surface area contributed by atoms with Crippen LogP contribution in [0.1, 0.15) is 5.56 Å². The van der Waals surface area contributed by atoms with Crippen LogP contribution in [0.25, 0.3) is 11.1 Å². The van der Waals surface area contributed by atoms with E-state index in [1.54, 1.807) is 24.3 Å². The summed E-state index contributed by atoms with van der Waals surface area (Å²) >= 11 is 0. The number of hydrogen-bond acceptors (Lipinski definition) is 4. The number of aromatic nitrogens is 2. The van der Waals surface area contributed by atoms with Crippen LogP contribution in [-0.4, -0.2) is 14.5 Å². The summed E-state index contributed by atoms with van der Waals surface area (Å²) in [4.78, 5) is 23.1. The normalized spacial score (nSPS) is 11.4. The maximum absolute atomic E-state index is 12.6. The Kier molecular flexibility index (Phi) is 4.52. The van der Waals surface area contributed by atoms with E-state index in [9.17, 15) is 28.0 Å². The maximum atomic E-state index is 12.6. The molecule has 0 bridgehead atoms. The Labute approximate surface area is 150 Å². The van der Waals surface area contributed by atoms with Crippen molar-refractivity contribution in [3.05, 3.63) is 81.0 Å². The van der Waals surface area contributed by atoms with Gasteiger partial charge in [0.15, 0.2) is 0 Å². The molecule has 0 unspecified atom stereocenters. The summed E-state index contributed by atoms with van der Waals surface area (Å²) in [5, 5.41) is 9.25. The molecule has 0 atom stereocenters. The Morgan fingerprint density at radius 1 is 0.926 bits per heavy atom. The second-order valence-corrected chi connectivity index (χ2v) is 5.68. The van der Waals surface area contributed by atoms with E-state index in [0.717, 1.165) is 22.8 Å². The summed E-state index contributed by atoms with van der Waals surface area (Å²) in [5.74, 6) is 0.230. The molecule has 0 fully saturated rings. The molecule has 0 saturated carbocycles. The van der Waals surface area contributed by atoms with E-state index in [4.69, 9.17) is 4.74 Å². The van der Waals surface area contributed by atoms with Crippen LogP contribution in [0.2, 0.25) is 0 Å². The quantitative estimate of drug-likeness (QED) is 0.710. The highest BCUT2D eigenvalue weighted by Crippen LogP contribution is 2.31. The second-order valence-electron chi connectivity index (χ2n) is 5.68. The Hall–Kier alpha value is -3.49. The van der Waals surface area contributed by atoms with Gasteiger partial charge < -0.3 is 9.94 Å². The molecule has 9 heteroatoms. The fourth-order valence-electron chi connectivity index (χ4n) is 2.38.